The van der Waals surface area contributed by atoms with Gasteiger partial charge in [-0.3, -0.25) is 19.7 Å². The van der Waals surface area contributed by atoms with E-state index in [1.54, 1.807) is 18.2 Å². The molecule has 0 aromatic heterocycles. The van der Waals surface area contributed by atoms with Gasteiger partial charge in [0.15, 0.2) is 0 Å². The standard InChI is InChI=1S/C20H21ClN4O4/c1-2-18(26)23-9-11-24(12-10-23)19-16(21)7-4-8-17(19)22-20(27)14-5-3-6-15(13-14)25(28)29/h3-8,13H,2,9-12H2,1H3,(H,22,27). The first kappa shape index (κ1) is 20.6. The highest BCUT2D eigenvalue weighted by atomic mass is 35.5. The Balaban J connectivity index is 1.80. The summed E-state index contributed by atoms with van der Waals surface area (Å²) in [6, 6.07) is 10.8. The van der Waals surface area contributed by atoms with Crippen LogP contribution in [0.25, 0.3) is 0 Å². The Morgan fingerprint density at radius 1 is 1.14 bits per heavy atom. The third kappa shape index (κ3) is 4.65. The van der Waals surface area contributed by atoms with Gasteiger partial charge in [-0.1, -0.05) is 30.7 Å². The Bertz CT molecular complexity index is 942. The van der Waals surface area contributed by atoms with Crippen LogP contribution in [0, 0.1) is 10.1 Å². The van der Waals surface area contributed by atoms with Crippen molar-refractivity contribution in [2.24, 2.45) is 0 Å². The minimum absolute atomic E-state index is 0.114. The molecule has 1 saturated heterocycles. The summed E-state index contributed by atoms with van der Waals surface area (Å²) in [5, 5.41) is 14.2. The van der Waals surface area contributed by atoms with Crippen LogP contribution in [0.1, 0.15) is 23.7 Å². The number of nitrogens with one attached hydrogen (secondary N) is 1. The van der Waals surface area contributed by atoms with Gasteiger partial charge >= 0.3 is 0 Å². The van der Waals surface area contributed by atoms with Gasteiger partial charge in [-0.05, 0) is 18.2 Å². The average molecular weight is 417 g/mol. The smallest absolute Gasteiger partial charge is 0.270 e. The first-order valence-corrected chi connectivity index (χ1v) is 9.65. The molecule has 9 heteroatoms. The average Bonchev–Trinajstić information content (AvgIpc) is 2.73. The Kier molecular flexibility index (Phi) is 6.33. The molecule has 3 rings (SSSR count). The number of benzene rings is 2. The van der Waals surface area contributed by atoms with Crippen LogP contribution in [0.2, 0.25) is 5.02 Å². The Morgan fingerprint density at radius 3 is 2.48 bits per heavy atom. The van der Waals surface area contributed by atoms with E-state index < -0.39 is 10.8 Å². The molecule has 0 saturated carbocycles. The monoisotopic (exact) mass is 416 g/mol. The number of anilines is 2. The lowest BCUT2D eigenvalue weighted by Gasteiger charge is -2.37. The van der Waals surface area contributed by atoms with Gasteiger partial charge in [-0.15, -0.1) is 0 Å². The number of rotatable bonds is 5. The van der Waals surface area contributed by atoms with Crippen LogP contribution in [0.4, 0.5) is 17.1 Å². The third-order valence-corrected chi connectivity index (χ3v) is 5.11. The molecule has 0 spiro atoms. The zero-order chi connectivity index (χ0) is 21.0. The molecule has 1 aliphatic heterocycles. The van der Waals surface area contributed by atoms with Crippen molar-refractivity contribution in [3.63, 3.8) is 0 Å². The molecule has 8 nitrogen and oxygen atoms in total. The molecule has 29 heavy (non-hydrogen) atoms. The van der Waals surface area contributed by atoms with Crippen molar-refractivity contribution >= 4 is 40.5 Å². The van der Waals surface area contributed by atoms with Crippen molar-refractivity contribution in [2.45, 2.75) is 13.3 Å². The van der Waals surface area contributed by atoms with Gasteiger partial charge in [0.1, 0.15) is 0 Å². The van der Waals surface area contributed by atoms with Crippen molar-refractivity contribution in [3.05, 3.63) is 63.2 Å². The number of para-hydroxylation sites is 1. The van der Waals surface area contributed by atoms with E-state index in [1.807, 2.05) is 16.7 Å². The van der Waals surface area contributed by atoms with Crippen molar-refractivity contribution in [1.82, 2.24) is 4.90 Å². The lowest BCUT2D eigenvalue weighted by Crippen LogP contribution is -2.48. The summed E-state index contributed by atoms with van der Waals surface area (Å²) in [5.74, 6) is -0.347. The number of nitrogens with zero attached hydrogens (tertiary/aromatic N) is 3. The second-order valence-electron chi connectivity index (χ2n) is 6.62. The summed E-state index contributed by atoms with van der Waals surface area (Å²) in [6.07, 6.45) is 0.469. The first-order chi connectivity index (χ1) is 13.9. The highest BCUT2D eigenvalue weighted by molar-refractivity contribution is 6.34. The second kappa shape index (κ2) is 8.91. The number of halogens is 1. The zero-order valence-corrected chi connectivity index (χ0v) is 16.7. The van der Waals surface area contributed by atoms with Gasteiger partial charge in [-0.25, -0.2) is 0 Å². The van der Waals surface area contributed by atoms with E-state index in [1.165, 1.54) is 24.3 Å². The molecule has 152 valence electrons. The largest absolute Gasteiger partial charge is 0.365 e. The van der Waals surface area contributed by atoms with E-state index in [2.05, 4.69) is 5.32 Å². The van der Waals surface area contributed by atoms with Gasteiger partial charge < -0.3 is 15.1 Å². The van der Waals surface area contributed by atoms with E-state index in [0.717, 1.165) is 0 Å². The Morgan fingerprint density at radius 2 is 1.83 bits per heavy atom. The Labute approximate surface area is 173 Å². The molecule has 2 aromatic rings. The van der Waals surface area contributed by atoms with E-state index in [9.17, 15) is 19.7 Å². The van der Waals surface area contributed by atoms with Crippen LogP contribution in [-0.4, -0.2) is 47.8 Å². The number of carbonyl (C=O) groups is 2. The van der Waals surface area contributed by atoms with Gasteiger partial charge in [0.25, 0.3) is 11.6 Å². The summed E-state index contributed by atoms with van der Waals surface area (Å²) >= 11 is 6.42. The zero-order valence-electron chi connectivity index (χ0n) is 15.9. The van der Waals surface area contributed by atoms with Crippen LogP contribution in [0.15, 0.2) is 42.5 Å². The molecule has 1 aliphatic rings. The number of non-ortho nitro benzene ring substituents is 1. The fraction of sp³-hybridized carbons (Fsp3) is 0.300. The quantitative estimate of drug-likeness (QED) is 0.593. The molecule has 1 heterocycles. The Hall–Kier alpha value is -3.13. The SMILES string of the molecule is CCC(=O)N1CCN(c2c(Cl)cccc2NC(=O)c2cccc([N+](=O)[O-])c2)CC1. The molecule has 2 amide bonds. The fourth-order valence-corrected chi connectivity index (χ4v) is 3.59. The van der Waals surface area contributed by atoms with Crippen molar-refractivity contribution in [1.29, 1.82) is 0 Å². The molecule has 2 aromatic carbocycles. The number of nitro groups is 1. The summed E-state index contributed by atoms with van der Waals surface area (Å²) in [7, 11) is 0. The van der Waals surface area contributed by atoms with Crippen molar-refractivity contribution < 1.29 is 14.5 Å². The number of nitro benzene ring substituents is 1. The topological polar surface area (TPSA) is 95.8 Å². The molecule has 0 atom stereocenters. The van der Waals surface area contributed by atoms with Crippen LogP contribution in [0.3, 0.4) is 0 Å². The van der Waals surface area contributed by atoms with Gasteiger partial charge in [0, 0.05) is 50.3 Å². The van der Waals surface area contributed by atoms with Gasteiger partial charge in [0.05, 0.1) is 21.3 Å². The highest BCUT2D eigenvalue weighted by Gasteiger charge is 2.24. The molecule has 0 unspecified atom stereocenters. The minimum atomic E-state index is -0.543. The van der Waals surface area contributed by atoms with E-state index >= 15 is 0 Å². The number of hydrogen-bond acceptors (Lipinski definition) is 5. The molecular weight excluding hydrogens is 396 g/mol. The maximum absolute atomic E-state index is 12.7. The van der Waals surface area contributed by atoms with E-state index in [0.29, 0.717) is 49.0 Å². The number of hydrogen-bond donors (Lipinski definition) is 1. The molecule has 0 aliphatic carbocycles. The summed E-state index contributed by atoms with van der Waals surface area (Å²) in [6.45, 7) is 4.18. The first-order valence-electron chi connectivity index (χ1n) is 9.27. The van der Waals surface area contributed by atoms with Gasteiger partial charge in [-0.2, -0.15) is 0 Å². The molecule has 0 bridgehead atoms. The van der Waals surface area contributed by atoms with Crippen molar-refractivity contribution in [2.75, 3.05) is 36.4 Å². The number of piperazine rings is 1. The van der Waals surface area contributed by atoms with Crippen LogP contribution in [0.5, 0.6) is 0 Å². The lowest BCUT2D eigenvalue weighted by molar-refractivity contribution is -0.384. The molecular formula is C20H21ClN4O4. The molecule has 1 fully saturated rings. The second-order valence-corrected chi connectivity index (χ2v) is 7.03. The highest BCUT2D eigenvalue weighted by Crippen LogP contribution is 2.35. The molecule has 1 N–H and O–H groups in total. The number of carbonyl (C=O) groups excluding carboxylic acids is 2. The maximum Gasteiger partial charge on any atom is 0.270 e. The normalized spacial score (nSPS) is 13.9. The summed E-state index contributed by atoms with van der Waals surface area (Å²) < 4.78 is 0. The minimum Gasteiger partial charge on any atom is -0.365 e. The van der Waals surface area contributed by atoms with Gasteiger partial charge in [0.2, 0.25) is 5.91 Å². The fourth-order valence-electron chi connectivity index (χ4n) is 3.30. The van der Waals surface area contributed by atoms with Crippen LogP contribution in [-0.2, 0) is 4.79 Å². The third-order valence-electron chi connectivity index (χ3n) is 4.81. The van der Waals surface area contributed by atoms with Crippen LogP contribution >= 0.6 is 11.6 Å². The molecule has 0 radical (unpaired) electrons. The van der Waals surface area contributed by atoms with E-state index in [4.69, 9.17) is 11.6 Å². The summed E-state index contributed by atoms with van der Waals surface area (Å²) in [5.41, 5.74) is 1.23. The lowest BCUT2D eigenvalue weighted by atomic mass is 10.1. The summed E-state index contributed by atoms with van der Waals surface area (Å²) in [4.78, 5) is 38.8. The maximum atomic E-state index is 12.7. The van der Waals surface area contributed by atoms with Crippen LogP contribution < -0.4 is 10.2 Å². The van der Waals surface area contributed by atoms with Crippen molar-refractivity contribution in [3.8, 4) is 0 Å². The predicted molar refractivity (Wildman–Crippen MR) is 112 cm³/mol. The number of amides is 2. The van der Waals surface area contributed by atoms with E-state index in [-0.39, 0.29) is 17.2 Å². The predicted octanol–water partition coefficient (Wildman–Crippen LogP) is 3.56.